The summed E-state index contributed by atoms with van der Waals surface area (Å²) in [5, 5.41) is 24.1. The number of esters is 1. The number of carbonyl (C=O) groups is 2. The van der Waals surface area contributed by atoms with E-state index in [4.69, 9.17) is 21.4 Å². The average Bonchev–Trinajstić information content (AvgIpc) is 3.62. The van der Waals surface area contributed by atoms with Crippen LogP contribution in [0, 0.1) is 28.9 Å². The summed E-state index contributed by atoms with van der Waals surface area (Å²) in [6, 6.07) is 3.32. The number of carbonyl (C=O) groups excluding carboxylic acids is 1. The Balaban J connectivity index is 1.64. The number of thiazole rings is 1. The fourth-order valence-electron chi connectivity index (χ4n) is 5.29. The minimum Gasteiger partial charge on any atom is -0.481 e. The second-order valence-electron chi connectivity index (χ2n) is 9.53. The van der Waals surface area contributed by atoms with E-state index in [1.165, 1.54) is 17.4 Å². The number of nitrogens with one attached hydrogen (secondary N) is 1. The standard InChI is InChI=1S/C28H24ClF2N5O4S/c1-2-40-28(39)21-24(14-3-4-15-13-36(9-7-20(37)38)19(12-32)17(15)11-14)34-26(27-33-8-10-41-27)35-25(21)16-5-6-18(30)23(31)22(16)29/h5-6,8,10,13-14,25H,2-4,7,9,11H2,1H3,(H,34,35)(H,37,38). The number of nitriles is 1. The van der Waals surface area contributed by atoms with Crippen LogP contribution in [0.5, 0.6) is 0 Å². The number of aromatic nitrogens is 2. The van der Waals surface area contributed by atoms with Gasteiger partial charge in [-0.15, -0.1) is 11.3 Å². The predicted octanol–water partition coefficient (Wildman–Crippen LogP) is 4.94. The second-order valence-corrected chi connectivity index (χ2v) is 10.8. The first kappa shape index (κ1) is 28.4. The molecule has 1 aliphatic carbocycles. The van der Waals surface area contributed by atoms with Crippen molar-refractivity contribution in [1.82, 2.24) is 14.9 Å². The molecule has 2 aromatic heterocycles. The maximum Gasteiger partial charge on any atom is 0.338 e. The number of ether oxygens (including phenoxy) is 1. The number of carboxylic acids is 1. The van der Waals surface area contributed by atoms with Gasteiger partial charge in [0.05, 0.1) is 23.6 Å². The van der Waals surface area contributed by atoms with E-state index >= 15 is 0 Å². The number of nitrogens with zero attached hydrogens (tertiary/aromatic N) is 4. The van der Waals surface area contributed by atoms with Crippen molar-refractivity contribution in [3.63, 3.8) is 0 Å². The van der Waals surface area contributed by atoms with Crippen molar-refractivity contribution in [2.45, 2.75) is 45.2 Å². The molecular weight excluding hydrogens is 576 g/mol. The zero-order valence-electron chi connectivity index (χ0n) is 21.8. The fourth-order valence-corrected chi connectivity index (χ4v) is 6.14. The van der Waals surface area contributed by atoms with Gasteiger partial charge in [0.1, 0.15) is 17.8 Å². The van der Waals surface area contributed by atoms with Crippen molar-refractivity contribution in [3.8, 4) is 6.07 Å². The summed E-state index contributed by atoms with van der Waals surface area (Å²) in [6.45, 7) is 1.88. The Morgan fingerprint density at radius 2 is 2.17 bits per heavy atom. The van der Waals surface area contributed by atoms with Gasteiger partial charge in [0.15, 0.2) is 22.5 Å². The number of hydrogen-bond acceptors (Lipinski definition) is 8. The molecule has 0 bridgehead atoms. The van der Waals surface area contributed by atoms with E-state index in [1.807, 2.05) is 6.20 Å². The topological polar surface area (TPSA) is 130 Å². The molecule has 0 radical (unpaired) electrons. The molecule has 0 amide bonds. The van der Waals surface area contributed by atoms with Crippen LogP contribution in [0.3, 0.4) is 0 Å². The van der Waals surface area contributed by atoms with Crippen molar-refractivity contribution in [2.75, 3.05) is 6.61 Å². The van der Waals surface area contributed by atoms with Crippen LogP contribution in [0.1, 0.15) is 53.2 Å². The Morgan fingerprint density at radius 3 is 2.85 bits per heavy atom. The van der Waals surface area contributed by atoms with Crippen LogP contribution in [-0.2, 0) is 33.7 Å². The molecule has 2 atom stereocenters. The lowest BCUT2D eigenvalue weighted by molar-refractivity contribution is -0.139. The molecule has 9 nitrogen and oxygen atoms in total. The molecule has 2 N–H and O–H groups in total. The number of halogens is 3. The molecule has 0 spiro atoms. The average molecular weight is 600 g/mol. The van der Waals surface area contributed by atoms with E-state index in [9.17, 15) is 23.6 Å². The summed E-state index contributed by atoms with van der Waals surface area (Å²) >= 11 is 7.58. The van der Waals surface area contributed by atoms with E-state index in [2.05, 4.69) is 21.4 Å². The van der Waals surface area contributed by atoms with Crippen LogP contribution in [0.4, 0.5) is 8.78 Å². The van der Waals surface area contributed by atoms with Gasteiger partial charge in [-0.2, -0.15) is 5.26 Å². The molecule has 0 fully saturated rings. The van der Waals surface area contributed by atoms with Crippen LogP contribution in [0.15, 0.2) is 46.2 Å². The minimum absolute atomic E-state index is 0.0662. The van der Waals surface area contributed by atoms with Crippen molar-refractivity contribution >= 4 is 40.7 Å². The van der Waals surface area contributed by atoms with Crippen LogP contribution in [-0.4, -0.2) is 39.0 Å². The summed E-state index contributed by atoms with van der Waals surface area (Å²) in [5.74, 6) is -4.02. The van der Waals surface area contributed by atoms with Crippen LogP contribution < -0.4 is 5.32 Å². The van der Waals surface area contributed by atoms with Gasteiger partial charge in [0.2, 0.25) is 0 Å². The molecule has 3 heterocycles. The molecule has 212 valence electrons. The van der Waals surface area contributed by atoms with Crippen molar-refractivity contribution in [3.05, 3.63) is 85.2 Å². The quantitative estimate of drug-likeness (QED) is 0.277. The molecule has 0 saturated carbocycles. The Hall–Kier alpha value is -4.08. The van der Waals surface area contributed by atoms with E-state index in [1.54, 1.807) is 23.1 Å². The zero-order valence-corrected chi connectivity index (χ0v) is 23.4. The zero-order chi connectivity index (χ0) is 29.3. The largest absolute Gasteiger partial charge is 0.481 e. The minimum atomic E-state index is -1.25. The Labute approximate surface area is 242 Å². The monoisotopic (exact) mass is 599 g/mol. The Kier molecular flexibility index (Phi) is 8.19. The number of aliphatic carboxylic acids is 1. The fraction of sp³-hybridized carbons (Fsp3) is 0.321. The van der Waals surface area contributed by atoms with Gasteiger partial charge in [-0.3, -0.25) is 9.79 Å². The summed E-state index contributed by atoms with van der Waals surface area (Å²) in [7, 11) is 0. The van der Waals surface area contributed by atoms with E-state index < -0.39 is 34.6 Å². The van der Waals surface area contributed by atoms with Gasteiger partial charge < -0.3 is 19.7 Å². The SMILES string of the molecule is CCOC(=O)C1=C(C2CCc3cn(CCC(=O)O)c(C#N)c3C2)NC(c2nccs2)=NC1c1ccc(F)c(F)c1Cl. The number of benzene rings is 1. The number of carboxylic acid groups (broad SMARTS) is 1. The molecule has 1 aromatic carbocycles. The van der Waals surface area contributed by atoms with Crippen LogP contribution in [0.2, 0.25) is 5.02 Å². The third-order valence-electron chi connectivity index (χ3n) is 7.13. The summed E-state index contributed by atoms with van der Waals surface area (Å²) in [4.78, 5) is 33.7. The number of hydrogen-bond donors (Lipinski definition) is 2. The Bertz CT molecular complexity index is 1630. The third kappa shape index (κ3) is 5.47. The molecular formula is C28H24ClF2N5O4S. The van der Waals surface area contributed by atoms with Gasteiger partial charge in [0, 0.05) is 41.5 Å². The summed E-state index contributed by atoms with van der Waals surface area (Å²) in [5.41, 5.74) is 2.75. The highest BCUT2D eigenvalue weighted by atomic mass is 35.5. The first-order valence-corrected chi connectivity index (χ1v) is 14.1. The molecule has 0 saturated heterocycles. The number of amidine groups is 1. The number of aliphatic imine (C=N–C) groups is 1. The maximum absolute atomic E-state index is 14.6. The molecule has 5 rings (SSSR count). The molecule has 2 unspecified atom stereocenters. The number of aryl methyl sites for hydroxylation is 2. The van der Waals surface area contributed by atoms with Gasteiger partial charge in [0.25, 0.3) is 0 Å². The molecule has 13 heteroatoms. The van der Waals surface area contributed by atoms with Crippen LogP contribution in [0.25, 0.3) is 0 Å². The van der Waals surface area contributed by atoms with E-state index in [0.717, 1.165) is 17.2 Å². The van der Waals surface area contributed by atoms with Gasteiger partial charge in [-0.05, 0) is 43.4 Å². The normalized spacial score (nSPS) is 18.3. The van der Waals surface area contributed by atoms with Crippen molar-refractivity contribution in [1.29, 1.82) is 5.26 Å². The molecule has 3 aromatic rings. The number of rotatable bonds is 8. The van der Waals surface area contributed by atoms with Gasteiger partial charge in [-0.1, -0.05) is 17.7 Å². The summed E-state index contributed by atoms with van der Waals surface area (Å²) in [6.07, 6.45) is 4.79. The Morgan fingerprint density at radius 1 is 1.37 bits per heavy atom. The lowest BCUT2D eigenvalue weighted by Crippen LogP contribution is -2.38. The highest BCUT2D eigenvalue weighted by Crippen LogP contribution is 2.42. The summed E-state index contributed by atoms with van der Waals surface area (Å²) < 4.78 is 35.7. The predicted molar refractivity (Wildman–Crippen MR) is 146 cm³/mol. The lowest BCUT2D eigenvalue weighted by Gasteiger charge is -2.33. The van der Waals surface area contributed by atoms with Gasteiger partial charge >= 0.3 is 11.9 Å². The lowest BCUT2D eigenvalue weighted by atomic mass is 9.80. The number of fused-ring (bicyclic) bond motifs is 1. The molecule has 2 aliphatic rings. The highest BCUT2D eigenvalue weighted by Gasteiger charge is 2.39. The maximum atomic E-state index is 14.6. The van der Waals surface area contributed by atoms with E-state index in [-0.39, 0.29) is 36.6 Å². The molecule has 41 heavy (non-hydrogen) atoms. The first-order valence-electron chi connectivity index (χ1n) is 12.8. The van der Waals surface area contributed by atoms with E-state index in [0.29, 0.717) is 41.5 Å². The van der Waals surface area contributed by atoms with Crippen LogP contribution >= 0.6 is 22.9 Å². The third-order valence-corrected chi connectivity index (χ3v) is 8.29. The first-order chi connectivity index (χ1) is 19.7. The highest BCUT2D eigenvalue weighted by molar-refractivity contribution is 7.11. The second kappa shape index (κ2) is 11.8. The van der Waals surface area contributed by atoms with Gasteiger partial charge in [-0.25, -0.2) is 18.6 Å². The molecule has 1 aliphatic heterocycles. The smallest absolute Gasteiger partial charge is 0.338 e. The number of allylic oxidation sites excluding steroid dienone is 1. The van der Waals surface area contributed by atoms with Crippen molar-refractivity contribution in [2.24, 2.45) is 10.9 Å². The van der Waals surface area contributed by atoms with Crippen molar-refractivity contribution < 1.29 is 28.2 Å².